The van der Waals surface area contributed by atoms with Gasteiger partial charge in [0.1, 0.15) is 11.6 Å². The molecule has 0 spiro atoms. The largest absolute Gasteiger partial charge is 0.494 e. The molecule has 2 heterocycles. The fourth-order valence-corrected chi connectivity index (χ4v) is 3.40. The van der Waals surface area contributed by atoms with Gasteiger partial charge in [0, 0.05) is 29.6 Å². The topological polar surface area (TPSA) is 81.6 Å². The highest BCUT2D eigenvalue weighted by Gasteiger charge is 2.16. The molecule has 0 aliphatic rings. The van der Waals surface area contributed by atoms with Gasteiger partial charge in [0.15, 0.2) is 0 Å². The second kappa shape index (κ2) is 8.24. The van der Waals surface area contributed by atoms with Crippen molar-refractivity contribution in [3.8, 4) is 17.3 Å². The van der Waals surface area contributed by atoms with Crippen molar-refractivity contribution in [2.75, 3.05) is 6.61 Å². The van der Waals surface area contributed by atoms with Crippen LogP contribution in [0.5, 0.6) is 11.6 Å². The Bertz CT molecular complexity index is 1270. The maximum Gasteiger partial charge on any atom is 0.265 e. The fraction of sp³-hybridized carbons (Fsp3) is 0.174. The summed E-state index contributed by atoms with van der Waals surface area (Å²) >= 11 is 0. The second-order valence-corrected chi connectivity index (χ2v) is 6.61. The molecule has 0 aliphatic heterocycles. The highest BCUT2D eigenvalue weighted by Crippen LogP contribution is 2.27. The van der Waals surface area contributed by atoms with Gasteiger partial charge in [-0.2, -0.15) is 5.10 Å². The summed E-state index contributed by atoms with van der Waals surface area (Å²) in [5, 5.41) is 16.4. The number of fused-ring (bicyclic) bond motifs is 1. The molecule has 0 unspecified atom stereocenters. The van der Waals surface area contributed by atoms with Crippen molar-refractivity contribution in [2.45, 2.75) is 20.4 Å². The maximum atomic E-state index is 13.2. The summed E-state index contributed by atoms with van der Waals surface area (Å²) in [6.07, 6.45) is 3.25. The lowest BCUT2D eigenvalue weighted by Gasteiger charge is -2.14. The van der Waals surface area contributed by atoms with Crippen LogP contribution in [-0.2, 0) is 6.54 Å². The van der Waals surface area contributed by atoms with E-state index >= 15 is 0 Å². The Kier molecular flexibility index (Phi) is 5.34. The Morgan fingerprint density at radius 3 is 2.50 bits per heavy atom. The fourth-order valence-electron chi connectivity index (χ4n) is 3.40. The lowest BCUT2D eigenvalue weighted by molar-refractivity contribution is 0.340. The summed E-state index contributed by atoms with van der Waals surface area (Å²) in [4.78, 5) is 17.7. The van der Waals surface area contributed by atoms with E-state index in [1.807, 2.05) is 19.9 Å². The van der Waals surface area contributed by atoms with Crippen LogP contribution in [0.15, 0.2) is 70.6 Å². The SMILES string of the molecule is CCOc1ccc(-n2c(O)c(/C=N/c3ccnn3CC)c3ccccc3c2=O)cc1. The number of aliphatic imine (C=N–C) groups is 1. The molecule has 4 rings (SSSR count). The van der Waals surface area contributed by atoms with Crippen molar-refractivity contribution in [2.24, 2.45) is 4.99 Å². The Hall–Kier alpha value is -3.87. The van der Waals surface area contributed by atoms with Crippen LogP contribution in [0, 0.1) is 0 Å². The first-order chi connectivity index (χ1) is 14.6. The molecule has 7 nitrogen and oxygen atoms in total. The van der Waals surface area contributed by atoms with Crippen LogP contribution in [0.25, 0.3) is 16.5 Å². The van der Waals surface area contributed by atoms with E-state index in [4.69, 9.17) is 4.74 Å². The standard InChI is InChI=1S/C23H22N4O3/c1-3-26-21(13-14-25-26)24-15-20-18-7-5-6-8-19(18)22(28)27(23(20)29)16-9-11-17(12-10-16)30-4-2/h5-15,29H,3-4H2,1-2H3/b24-15+. The Labute approximate surface area is 173 Å². The molecule has 4 aromatic rings. The summed E-state index contributed by atoms with van der Waals surface area (Å²) in [6.45, 7) is 5.11. The van der Waals surface area contributed by atoms with Crippen molar-refractivity contribution < 1.29 is 9.84 Å². The van der Waals surface area contributed by atoms with Gasteiger partial charge in [-0.15, -0.1) is 0 Å². The van der Waals surface area contributed by atoms with E-state index in [0.717, 1.165) is 0 Å². The van der Waals surface area contributed by atoms with Crippen molar-refractivity contribution in [3.63, 3.8) is 0 Å². The molecule has 0 fully saturated rings. The average Bonchev–Trinajstić information content (AvgIpc) is 3.23. The summed E-state index contributed by atoms with van der Waals surface area (Å²) in [6, 6.07) is 16.0. The van der Waals surface area contributed by atoms with Crippen LogP contribution in [0.4, 0.5) is 5.82 Å². The van der Waals surface area contributed by atoms with Crippen molar-refractivity contribution in [3.05, 3.63) is 76.7 Å². The molecule has 0 amide bonds. The maximum absolute atomic E-state index is 13.2. The summed E-state index contributed by atoms with van der Waals surface area (Å²) in [5.74, 6) is 1.19. The molecule has 0 radical (unpaired) electrons. The van der Waals surface area contributed by atoms with Crippen LogP contribution in [-0.4, -0.2) is 32.3 Å². The van der Waals surface area contributed by atoms with Crippen LogP contribution in [0.3, 0.4) is 0 Å². The van der Waals surface area contributed by atoms with Gasteiger partial charge in [-0.25, -0.2) is 14.2 Å². The van der Waals surface area contributed by atoms with Gasteiger partial charge in [-0.05, 0) is 44.2 Å². The zero-order valence-corrected chi connectivity index (χ0v) is 16.8. The molecular weight excluding hydrogens is 380 g/mol. The first-order valence-electron chi connectivity index (χ1n) is 9.79. The van der Waals surface area contributed by atoms with E-state index in [1.165, 1.54) is 4.57 Å². The van der Waals surface area contributed by atoms with Crippen LogP contribution in [0.2, 0.25) is 0 Å². The average molecular weight is 402 g/mol. The molecule has 0 aliphatic carbocycles. The van der Waals surface area contributed by atoms with E-state index in [2.05, 4.69) is 10.1 Å². The summed E-state index contributed by atoms with van der Waals surface area (Å²) in [7, 11) is 0. The molecule has 2 aromatic heterocycles. The smallest absolute Gasteiger partial charge is 0.265 e. The minimum absolute atomic E-state index is 0.172. The van der Waals surface area contributed by atoms with Gasteiger partial charge >= 0.3 is 0 Å². The van der Waals surface area contributed by atoms with Gasteiger partial charge in [0.05, 0.1) is 24.1 Å². The summed E-state index contributed by atoms with van der Waals surface area (Å²) in [5.41, 5.74) is 0.700. The molecule has 2 aromatic carbocycles. The molecule has 0 saturated carbocycles. The number of aryl methyl sites for hydroxylation is 1. The first-order valence-corrected chi connectivity index (χ1v) is 9.79. The zero-order chi connectivity index (χ0) is 21.1. The number of hydrogen-bond acceptors (Lipinski definition) is 5. The third-order valence-electron chi connectivity index (χ3n) is 4.83. The zero-order valence-electron chi connectivity index (χ0n) is 16.8. The Morgan fingerprint density at radius 1 is 1.07 bits per heavy atom. The number of aromatic hydroxyl groups is 1. The number of rotatable bonds is 6. The summed E-state index contributed by atoms with van der Waals surface area (Å²) < 4.78 is 8.51. The lowest BCUT2D eigenvalue weighted by atomic mass is 10.1. The highest BCUT2D eigenvalue weighted by molar-refractivity contribution is 6.02. The lowest BCUT2D eigenvalue weighted by Crippen LogP contribution is -2.20. The number of aromatic nitrogens is 3. The number of hydrogen-bond donors (Lipinski definition) is 1. The van der Waals surface area contributed by atoms with E-state index in [-0.39, 0.29) is 11.4 Å². The van der Waals surface area contributed by atoms with Crippen molar-refractivity contribution in [1.82, 2.24) is 14.3 Å². The van der Waals surface area contributed by atoms with Crippen molar-refractivity contribution in [1.29, 1.82) is 0 Å². The Morgan fingerprint density at radius 2 is 1.80 bits per heavy atom. The number of ether oxygens (including phenoxy) is 1. The quantitative estimate of drug-likeness (QED) is 0.493. The third-order valence-corrected chi connectivity index (χ3v) is 4.83. The monoisotopic (exact) mass is 402 g/mol. The van der Waals surface area contributed by atoms with E-state index in [9.17, 15) is 9.90 Å². The molecule has 0 atom stereocenters. The van der Waals surface area contributed by atoms with Crippen LogP contribution < -0.4 is 10.3 Å². The number of pyridine rings is 1. The molecule has 30 heavy (non-hydrogen) atoms. The van der Waals surface area contributed by atoms with Crippen LogP contribution in [0.1, 0.15) is 19.4 Å². The van der Waals surface area contributed by atoms with Gasteiger partial charge in [0.25, 0.3) is 5.56 Å². The minimum atomic E-state index is -0.303. The van der Waals surface area contributed by atoms with Crippen LogP contribution >= 0.6 is 0 Å². The molecule has 0 saturated heterocycles. The van der Waals surface area contributed by atoms with Gasteiger partial charge in [-0.3, -0.25) is 4.79 Å². The van der Waals surface area contributed by atoms with E-state index in [0.29, 0.717) is 46.7 Å². The van der Waals surface area contributed by atoms with Gasteiger partial charge in [-0.1, -0.05) is 18.2 Å². The van der Waals surface area contributed by atoms with Gasteiger partial charge in [0.2, 0.25) is 5.88 Å². The third kappa shape index (κ3) is 3.45. The normalized spacial score (nSPS) is 11.4. The van der Waals surface area contributed by atoms with E-state index in [1.54, 1.807) is 65.6 Å². The molecular formula is C23H22N4O3. The molecule has 0 bridgehead atoms. The predicted molar refractivity (Wildman–Crippen MR) is 118 cm³/mol. The van der Waals surface area contributed by atoms with Crippen molar-refractivity contribution >= 4 is 22.8 Å². The second-order valence-electron chi connectivity index (χ2n) is 6.61. The Balaban J connectivity index is 1.91. The van der Waals surface area contributed by atoms with Gasteiger partial charge < -0.3 is 9.84 Å². The first kappa shape index (κ1) is 19.4. The van der Waals surface area contributed by atoms with E-state index < -0.39 is 0 Å². The predicted octanol–water partition coefficient (Wildman–Crippen LogP) is 4.06. The number of nitrogens with zero attached hydrogens (tertiary/aromatic N) is 4. The number of benzene rings is 2. The highest BCUT2D eigenvalue weighted by atomic mass is 16.5. The molecule has 1 N–H and O–H groups in total. The molecule has 152 valence electrons. The molecule has 7 heteroatoms. The minimum Gasteiger partial charge on any atom is -0.494 e.